The van der Waals surface area contributed by atoms with E-state index in [0.29, 0.717) is 11.0 Å². The van der Waals surface area contributed by atoms with Crippen molar-refractivity contribution in [1.82, 2.24) is 14.7 Å². The second-order valence-electron chi connectivity index (χ2n) is 5.18. The average molecular weight is 396 g/mol. The van der Waals surface area contributed by atoms with Gasteiger partial charge in [0.1, 0.15) is 0 Å². The van der Waals surface area contributed by atoms with Crippen molar-refractivity contribution in [3.63, 3.8) is 0 Å². The van der Waals surface area contributed by atoms with Crippen LogP contribution in [0.1, 0.15) is 18.5 Å². The highest BCUT2D eigenvalue weighted by molar-refractivity contribution is 9.10. The molecule has 1 aromatic heterocycles. The standard InChI is InChI=1S/C15H14BrN3O3S/c1-9(10-2-4-11(16)5-3-10)19-23(21,22)12-6-7-13-14(8-12)18-15(20)17-13/h2-9,19H,1H3,(H2,17,18,20)/t9-/m0/s1. The van der Waals surface area contributed by atoms with Crippen molar-refractivity contribution in [2.24, 2.45) is 0 Å². The number of hydrogen-bond acceptors (Lipinski definition) is 3. The number of benzene rings is 2. The van der Waals surface area contributed by atoms with Crippen molar-refractivity contribution in [2.75, 3.05) is 0 Å². The molecule has 0 spiro atoms. The van der Waals surface area contributed by atoms with Gasteiger partial charge >= 0.3 is 5.69 Å². The van der Waals surface area contributed by atoms with Gasteiger partial charge in [0, 0.05) is 10.5 Å². The van der Waals surface area contributed by atoms with E-state index in [1.54, 1.807) is 13.0 Å². The zero-order valence-corrected chi connectivity index (χ0v) is 14.5. The van der Waals surface area contributed by atoms with Crippen LogP contribution in [0.2, 0.25) is 0 Å². The number of imidazole rings is 1. The zero-order valence-electron chi connectivity index (χ0n) is 12.1. The van der Waals surface area contributed by atoms with E-state index >= 15 is 0 Å². The molecular formula is C15H14BrN3O3S. The number of fused-ring (bicyclic) bond motifs is 1. The third-order valence-corrected chi connectivity index (χ3v) is 5.57. The first kappa shape index (κ1) is 16.0. The number of H-pyrrole nitrogens is 2. The van der Waals surface area contributed by atoms with Gasteiger partial charge in [-0.25, -0.2) is 17.9 Å². The van der Waals surface area contributed by atoms with Crippen LogP contribution in [-0.4, -0.2) is 18.4 Å². The van der Waals surface area contributed by atoms with Crippen LogP contribution in [0.5, 0.6) is 0 Å². The quantitative estimate of drug-likeness (QED) is 0.633. The van der Waals surface area contributed by atoms with Crippen molar-refractivity contribution < 1.29 is 8.42 Å². The molecule has 120 valence electrons. The fourth-order valence-electron chi connectivity index (χ4n) is 2.30. The summed E-state index contributed by atoms with van der Waals surface area (Å²) in [5, 5.41) is 0. The summed E-state index contributed by atoms with van der Waals surface area (Å²) in [6.45, 7) is 1.78. The molecule has 3 aromatic rings. The maximum absolute atomic E-state index is 12.5. The maximum Gasteiger partial charge on any atom is 0.323 e. The molecule has 0 bridgehead atoms. The number of rotatable bonds is 4. The topological polar surface area (TPSA) is 94.8 Å². The Labute approximate surface area is 141 Å². The first-order chi connectivity index (χ1) is 10.8. The Kier molecular flexibility index (Phi) is 4.13. The molecule has 6 nitrogen and oxygen atoms in total. The maximum atomic E-state index is 12.5. The molecule has 0 saturated carbocycles. The summed E-state index contributed by atoms with van der Waals surface area (Å²) in [6, 6.07) is 11.5. The van der Waals surface area contributed by atoms with Crippen LogP contribution >= 0.6 is 15.9 Å². The Hall–Kier alpha value is -1.90. The number of aromatic nitrogens is 2. The van der Waals surface area contributed by atoms with Crippen molar-refractivity contribution in [1.29, 1.82) is 0 Å². The van der Waals surface area contributed by atoms with Crippen LogP contribution in [-0.2, 0) is 10.0 Å². The smallest absolute Gasteiger partial charge is 0.306 e. The minimum atomic E-state index is -3.70. The van der Waals surface area contributed by atoms with Crippen molar-refractivity contribution >= 4 is 37.0 Å². The summed E-state index contributed by atoms with van der Waals surface area (Å²) < 4.78 is 28.6. The molecule has 1 atom stereocenters. The minimum absolute atomic E-state index is 0.101. The van der Waals surface area contributed by atoms with E-state index in [0.717, 1.165) is 10.0 Å². The monoisotopic (exact) mass is 395 g/mol. The minimum Gasteiger partial charge on any atom is -0.306 e. The molecule has 0 saturated heterocycles. The van der Waals surface area contributed by atoms with Crippen LogP contribution in [0, 0.1) is 0 Å². The van der Waals surface area contributed by atoms with E-state index in [9.17, 15) is 13.2 Å². The predicted molar refractivity (Wildman–Crippen MR) is 91.8 cm³/mol. The van der Waals surface area contributed by atoms with E-state index < -0.39 is 10.0 Å². The van der Waals surface area contributed by atoms with Crippen molar-refractivity contribution in [3.8, 4) is 0 Å². The van der Waals surface area contributed by atoms with Crippen molar-refractivity contribution in [2.45, 2.75) is 17.9 Å². The van der Waals surface area contributed by atoms with Gasteiger partial charge in [-0.3, -0.25) is 0 Å². The van der Waals surface area contributed by atoms with Gasteiger partial charge in [-0.15, -0.1) is 0 Å². The average Bonchev–Trinajstić information content (AvgIpc) is 2.86. The van der Waals surface area contributed by atoms with Crippen LogP contribution in [0.25, 0.3) is 11.0 Å². The lowest BCUT2D eigenvalue weighted by atomic mass is 10.1. The Bertz CT molecular complexity index is 1010. The van der Waals surface area contributed by atoms with Gasteiger partial charge in [-0.05, 0) is 42.8 Å². The van der Waals surface area contributed by atoms with Crippen molar-refractivity contribution in [3.05, 3.63) is 63.0 Å². The first-order valence-electron chi connectivity index (χ1n) is 6.85. The van der Waals surface area contributed by atoms with Gasteiger partial charge in [-0.2, -0.15) is 0 Å². The van der Waals surface area contributed by atoms with Gasteiger partial charge in [0.15, 0.2) is 0 Å². The van der Waals surface area contributed by atoms with Crippen LogP contribution in [0.15, 0.2) is 56.6 Å². The Morgan fingerprint density at radius 2 is 1.70 bits per heavy atom. The van der Waals surface area contributed by atoms with Gasteiger partial charge in [0.2, 0.25) is 10.0 Å². The zero-order chi connectivity index (χ0) is 16.6. The number of aromatic amines is 2. The predicted octanol–water partition coefficient (Wildman–Crippen LogP) is 2.66. The molecule has 0 aliphatic carbocycles. The SMILES string of the molecule is C[C@H](NS(=O)(=O)c1ccc2[nH]c(=O)[nH]c2c1)c1ccc(Br)cc1. The summed E-state index contributed by atoms with van der Waals surface area (Å²) in [7, 11) is -3.70. The van der Waals surface area contributed by atoms with E-state index in [2.05, 4.69) is 30.6 Å². The summed E-state index contributed by atoms with van der Waals surface area (Å²) in [4.78, 5) is 16.5. The van der Waals surface area contributed by atoms with E-state index in [-0.39, 0.29) is 16.6 Å². The van der Waals surface area contributed by atoms with Gasteiger partial charge in [0.25, 0.3) is 0 Å². The molecule has 23 heavy (non-hydrogen) atoms. The summed E-state index contributed by atoms with van der Waals surface area (Å²) in [5.41, 5.74) is 1.50. The molecular weight excluding hydrogens is 382 g/mol. The molecule has 2 aromatic carbocycles. The Morgan fingerprint density at radius 3 is 2.39 bits per heavy atom. The van der Waals surface area contributed by atoms with E-state index in [1.165, 1.54) is 12.1 Å². The first-order valence-corrected chi connectivity index (χ1v) is 9.12. The summed E-state index contributed by atoms with van der Waals surface area (Å²) >= 11 is 3.35. The lowest BCUT2D eigenvalue weighted by molar-refractivity contribution is 0.567. The fourth-order valence-corrected chi connectivity index (χ4v) is 3.82. The van der Waals surface area contributed by atoms with Crippen LogP contribution in [0.4, 0.5) is 0 Å². The molecule has 8 heteroatoms. The second kappa shape index (κ2) is 5.95. The number of hydrogen-bond donors (Lipinski definition) is 3. The summed E-state index contributed by atoms with van der Waals surface area (Å²) in [6.07, 6.45) is 0. The van der Waals surface area contributed by atoms with Crippen LogP contribution in [0.3, 0.4) is 0 Å². The largest absolute Gasteiger partial charge is 0.323 e. The fraction of sp³-hybridized carbons (Fsp3) is 0.133. The molecule has 1 heterocycles. The lowest BCUT2D eigenvalue weighted by Gasteiger charge is -2.15. The highest BCUT2D eigenvalue weighted by Crippen LogP contribution is 2.20. The molecule has 3 N–H and O–H groups in total. The van der Waals surface area contributed by atoms with E-state index in [4.69, 9.17) is 0 Å². The van der Waals surface area contributed by atoms with Gasteiger partial charge < -0.3 is 9.97 Å². The van der Waals surface area contributed by atoms with E-state index in [1.807, 2.05) is 24.3 Å². The lowest BCUT2D eigenvalue weighted by Crippen LogP contribution is -2.26. The van der Waals surface area contributed by atoms with Gasteiger partial charge in [-0.1, -0.05) is 28.1 Å². The number of nitrogens with one attached hydrogen (secondary N) is 3. The summed E-state index contributed by atoms with van der Waals surface area (Å²) in [5.74, 6) is 0. The molecule has 0 unspecified atom stereocenters. The molecule has 3 rings (SSSR count). The molecule has 0 fully saturated rings. The molecule has 0 radical (unpaired) electrons. The Morgan fingerprint density at radius 1 is 1.04 bits per heavy atom. The Balaban J connectivity index is 1.90. The second-order valence-corrected chi connectivity index (χ2v) is 7.81. The highest BCUT2D eigenvalue weighted by atomic mass is 79.9. The third-order valence-electron chi connectivity index (χ3n) is 3.50. The number of halogens is 1. The van der Waals surface area contributed by atoms with Crippen LogP contribution < -0.4 is 10.4 Å². The third kappa shape index (κ3) is 3.39. The molecule has 0 aliphatic heterocycles. The van der Waals surface area contributed by atoms with Gasteiger partial charge in [0.05, 0.1) is 15.9 Å². The molecule has 0 amide bonds. The number of sulfonamides is 1. The highest BCUT2D eigenvalue weighted by Gasteiger charge is 2.19. The molecule has 0 aliphatic rings. The normalized spacial score (nSPS) is 13.3.